The standard InChI is InChI=1S/3C33H36N4O2.4ClH.2Fe/c3*1-26(28-12-6-3-7-13-28)34-22-30-16-18-32(24-36-30)38-20-10-5-11-21-39-33-19-17-31(37-25-33)23-35-27(2)29-14-8-4-9-15-29;;;;;;/h3*3-4,6-9,12-19,22-27H,5,10-11,20-21H2,1-2H3;4*1H;;/q;;;;;;;2*+2/p-4/t3*26-,27-;;;;;;/m111....../s1. The van der Waals surface area contributed by atoms with E-state index in [0.717, 1.165) is 126 Å². The van der Waals surface area contributed by atoms with Crippen molar-refractivity contribution in [2.75, 3.05) is 39.6 Å². The van der Waals surface area contributed by atoms with Gasteiger partial charge in [-0.3, -0.25) is 59.9 Å². The number of benzene rings is 6. The van der Waals surface area contributed by atoms with Crippen LogP contribution in [0.5, 0.6) is 34.5 Å². The van der Waals surface area contributed by atoms with Gasteiger partial charge in [0.15, 0.2) is 0 Å². The first-order valence-electron chi connectivity index (χ1n) is 41.1. The molecule has 0 radical (unpaired) electrons. The van der Waals surface area contributed by atoms with Crippen LogP contribution in [0.2, 0.25) is 0 Å². The summed E-state index contributed by atoms with van der Waals surface area (Å²) < 4.78 is 35.0. The van der Waals surface area contributed by atoms with E-state index in [2.05, 4.69) is 174 Å². The van der Waals surface area contributed by atoms with E-state index in [1.165, 1.54) is 33.4 Å². The van der Waals surface area contributed by atoms with Crippen LogP contribution in [-0.4, -0.2) is 107 Å². The van der Waals surface area contributed by atoms with Crippen LogP contribution in [0, 0.1) is 0 Å². The number of hydrogen-bond donors (Lipinski definition) is 0. The molecule has 6 heterocycles. The van der Waals surface area contributed by atoms with Crippen molar-refractivity contribution < 1.29 is 54.7 Å². The Morgan fingerprint density at radius 2 is 0.358 bits per heavy atom. The number of unbranched alkanes of at least 4 members (excludes halogenated alkanes) is 6. The van der Waals surface area contributed by atoms with Crippen molar-refractivity contribution in [1.82, 2.24) is 29.9 Å². The Morgan fingerprint density at radius 3 is 0.480 bits per heavy atom. The summed E-state index contributed by atoms with van der Waals surface area (Å²) in [5.41, 5.74) is 12.0. The number of pyridine rings is 6. The third kappa shape index (κ3) is 40.4. The molecule has 12 rings (SSSR count). The first kappa shape index (κ1) is 97.7. The van der Waals surface area contributed by atoms with Gasteiger partial charge in [-0.2, -0.15) is 0 Å². The molecule has 0 N–H and O–H groups in total. The molecule has 0 aliphatic rings. The van der Waals surface area contributed by atoms with E-state index >= 15 is 0 Å². The zero-order chi connectivity index (χ0) is 86.8. The van der Waals surface area contributed by atoms with Crippen LogP contribution in [0.3, 0.4) is 0 Å². The maximum atomic E-state index is 5.83. The Morgan fingerprint density at radius 1 is 0.220 bits per heavy atom. The Labute approximate surface area is 755 Å². The number of nitrogens with zero attached hydrogens (tertiary/aromatic N) is 12. The van der Waals surface area contributed by atoms with Gasteiger partial charge >= 0.3 is 66.7 Å². The number of halogens is 4. The van der Waals surface area contributed by atoms with Crippen LogP contribution in [0.1, 0.15) is 203 Å². The summed E-state index contributed by atoms with van der Waals surface area (Å²) in [5, 5.41) is 0. The average Bonchev–Trinajstić information content (AvgIpc) is 0.901. The van der Waals surface area contributed by atoms with Crippen LogP contribution < -0.4 is 28.4 Å². The third-order valence-corrected chi connectivity index (χ3v) is 18.8. The first-order chi connectivity index (χ1) is 60.3. The summed E-state index contributed by atoms with van der Waals surface area (Å²) in [5.74, 6) is 4.62. The average molecular weight is 1820 g/mol. The van der Waals surface area contributed by atoms with Crippen LogP contribution in [0.4, 0.5) is 0 Å². The molecule has 644 valence electrons. The molecule has 0 bridgehead atoms. The number of ether oxygens (including phenoxy) is 6. The molecule has 0 unspecified atom stereocenters. The van der Waals surface area contributed by atoms with Gasteiger partial charge in [0.2, 0.25) is 0 Å². The molecular formula is C99H108Cl4Fe2N12O6. The number of aliphatic imine (C=N–C) groups is 6. The van der Waals surface area contributed by atoms with Crippen LogP contribution in [-0.2, 0) is 26.3 Å². The van der Waals surface area contributed by atoms with E-state index < -0.39 is 0 Å². The maximum absolute atomic E-state index is 5.83. The second-order valence-electron chi connectivity index (χ2n) is 28.1. The van der Waals surface area contributed by atoms with E-state index in [0.29, 0.717) is 39.6 Å². The SMILES string of the molecule is C[C@@H](N=Cc1ccc(OCCCCCOc2ccc(C=N[C@H](C)c3ccccc3)nc2)cn1)c1ccccc1.C[C@@H](N=Cc1ccc(OCCCCCOc2ccc(C=N[C@H](C)c3ccccc3)nc2)cn1)c1ccccc1.C[C@@H](N=Cc1ccc(OCCCCCOc2ccc(C=N[C@H](C)c3ccccc3)nc2)cn1)c1ccccc1.[Cl][Fe][Cl].[Cl][Fe][Cl]. The molecule has 6 aromatic carbocycles. The summed E-state index contributed by atoms with van der Waals surface area (Å²) >= 11 is 0.389. The molecule has 24 heteroatoms. The van der Waals surface area contributed by atoms with Gasteiger partial charge < -0.3 is 28.4 Å². The first-order valence-corrected chi connectivity index (χ1v) is 47.1. The van der Waals surface area contributed by atoms with E-state index in [4.69, 9.17) is 68.8 Å². The minimum atomic E-state index is 0.0945. The Hall–Kier alpha value is -10.8. The van der Waals surface area contributed by atoms with Crippen molar-refractivity contribution in [1.29, 1.82) is 0 Å². The molecule has 0 aliphatic carbocycles. The van der Waals surface area contributed by atoms with Crippen LogP contribution >= 0.6 is 40.4 Å². The van der Waals surface area contributed by atoms with Crippen molar-refractivity contribution in [3.05, 3.63) is 360 Å². The fourth-order valence-electron chi connectivity index (χ4n) is 11.6. The van der Waals surface area contributed by atoms with E-state index in [1.54, 1.807) is 37.2 Å². The molecule has 6 atom stereocenters. The Kier molecular flexibility index (Phi) is 47.6. The van der Waals surface area contributed by atoms with Crippen LogP contribution in [0.25, 0.3) is 0 Å². The summed E-state index contributed by atoms with van der Waals surface area (Å²) in [7, 11) is 19.1. The Bertz CT molecular complexity index is 4140. The third-order valence-electron chi connectivity index (χ3n) is 18.8. The molecular weight excluding hydrogens is 1710 g/mol. The van der Waals surface area contributed by atoms with Crippen LogP contribution in [0.15, 0.2) is 322 Å². The zero-order valence-electron chi connectivity index (χ0n) is 70.3. The molecule has 0 amide bonds. The van der Waals surface area contributed by atoms with Gasteiger partial charge in [0.25, 0.3) is 0 Å². The monoisotopic (exact) mass is 1810 g/mol. The van der Waals surface area contributed by atoms with Gasteiger partial charge in [-0.25, -0.2) is 0 Å². The van der Waals surface area contributed by atoms with Gasteiger partial charge in [0.1, 0.15) is 34.5 Å². The second-order valence-corrected chi connectivity index (χ2v) is 31.7. The summed E-state index contributed by atoms with van der Waals surface area (Å²) in [4.78, 5) is 54.2. The minimum absolute atomic E-state index is 0.0945. The predicted octanol–water partition coefficient (Wildman–Crippen LogP) is 25.1. The normalized spacial score (nSPS) is 12.7. The van der Waals surface area contributed by atoms with Crippen molar-refractivity contribution in [2.45, 2.75) is 136 Å². The van der Waals surface area contributed by atoms with Gasteiger partial charge in [-0.1, -0.05) is 182 Å². The molecule has 0 aliphatic heterocycles. The molecule has 12 aromatic rings. The van der Waals surface area contributed by atoms with Gasteiger partial charge in [-0.05, 0) is 206 Å². The number of hydrogen-bond acceptors (Lipinski definition) is 18. The quantitative estimate of drug-likeness (QED) is 0.0199. The molecule has 6 aromatic heterocycles. The van der Waals surface area contributed by atoms with Crippen molar-refractivity contribution in [3.63, 3.8) is 0 Å². The number of aromatic nitrogens is 6. The number of rotatable bonds is 42. The molecule has 0 saturated carbocycles. The second kappa shape index (κ2) is 59.9. The topological polar surface area (TPSA) is 207 Å². The van der Waals surface area contributed by atoms with E-state index in [-0.39, 0.29) is 62.5 Å². The molecule has 0 fully saturated rings. The van der Waals surface area contributed by atoms with Crippen molar-refractivity contribution in [2.24, 2.45) is 30.0 Å². The van der Waals surface area contributed by atoms with Gasteiger partial charge in [0.05, 0.1) is 147 Å². The fourth-order valence-corrected chi connectivity index (χ4v) is 11.6. The summed E-state index contributed by atoms with van der Waals surface area (Å²) in [6, 6.07) is 85.2. The molecule has 0 spiro atoms. The molecule has 0 saturated heterocycles. The van der Waals surface area contributed by atoms with Gasteiger partial charge in [0, 0.05) is 37.3 Å². The molecule has 123 heavy (non-hydrogen) atoms. The fraction of sp³-hybridized carbons (Fsp3) is 0.273. The summed E-state index contributed by atoms with van der Waals surface area (Å²) in [6.45, 7) is 16.4. The molecule has 18 nitrogen and oxygen atoms in total. The van der Waals surface area contributed by atoms with Gasteiger partial charge in [-0.15, -0.1) is 0 Å². The summed E-state index contributed by atoms with van der Waals surface area (Å²) in [6.07, 6.45) is 30.1. The predicted molar refractivity (Wildman–Crippen MR) is 498 cm³/mol. The zero-order valence-corrected chi connectivity index (χ0v) is 75.5. The van der Waals surface area contributed by atoms with Crippen molar-refractivity contribution in [3.8, 4) is 34.5 Å². The van der Waals surface area contributed by atoms with E-state index in [1.807, 2.05) is 219 Å². The van der Waals surface area contributed by atoms with E-state index in [9.17, 15) is 0 Å². The van der Waals surface area contributed by atoms with Crippen molar-refractivity contribution >= 4 is 77.7 Å². The Balaban J connectivity index is 0.000000221.